The first-order chi connectivity index (χ1) is 13.5. The molecule has 3 amide bonds. The van der Waals surface area contributed by atoms with E-state index < -0.39 is 0 Å². The number of amides is 3. The van der Waals surface area contributed by atoms with E-state index in [2.05, 4.69) is 0 Å². The summed E-state index contributed by atoms with van der Waals surface area (Å²) in [6, 6.07) is 10.4. The fourth-order valence-electron chi connectivity index (χ4n) is 2.95. The van der Waals surface area contributed by atoms with Gasteiger partial charge in [-0.15, -0.1) is 0 Å². The van der Waals surface area contributed by atoms with Crippen molar-refractivity contribution in [2.45, 2.75) is 0 Å². The second-order valence-corrected chi connectivity index (χ2v) is 6.75. The summed E-state index contributed by atoms with van der Waals surface area (Å²) in [5.74, 6) is 0.00276. The number of furan rings is 1. The second kappa shape index (κ2) is 8.56. The lowest BCUT2D eigenvalue weighted by Crippen LogP contribution is -2.50. The third-order valence-corrected chi connectivity index (χ3v) is 4.59. The van der Waals surface area contributed by atoms with E-state index >= 15 is 0 Å². The number of rotatable bonds is 4. The van der Waals surface area contributed by atoms with Gasteiger partial charge in [0.1, 0.15) is 0 Å². The van der Waals surface area contributed by atoms with Gasteiger partial charge in [0, 0.05) is 51.9 Å². The molecule has 1 aliphatic rings. The van der Waals surface area contributed by atoms with Gasteiger partial charge in [-0.05, 0) is 35.9 Å². The molecular weight excluding hydrogens is 358 g/mol. The van der Waals surface area contributed by atoms with Gasteiger partial charge in [0.25, 0.3) is 11.8 Å². The molecule has 2 aromatic rings. The topological polar surface area (TPSA) is 74.1 Å². The van der Waals surface area contributed by atoms with Crippen molar-refractivity contribution < 1.29 is 18.8 Å². The molecule has 1 aliphatic heterocycles. The van der Waals surface area contributed by atoms with Gasteiger partial charge in [0.05, 0.1) is 6.26 Å². The van der Waals surface area contributed by atoms with Gasteiger partial charge in [0.15, 0.2) is 5.76 Å². The Morgan fingerprint density at radius 3 is 2.18 bits per heavy atom. The molecule has 1 saturated heterocycles. The van der Waals surface area contributed by atoms with E-state index in [0.29, 0.717) is 37.5 Å². The third-order valence-electron chi connectivity index (χ3n) is 4.59. The van der Waals surface area contributed by atoms with E-state index in [1.165, 1.54) is 17.2 Å². The maximum absolute atomic E-state index is 12.4. The van der Waals surface area contributed by atoms with E-state index in [-0.39, 0.29) is 17.7 Å². The summed E-state index contributed by atoms with van der Waals surface area (Å²) < 4.78 is 5.14. The molecule has 0 N–H and O–H groups in total. The Hall–Kier alpha value is -3.35. The number of nitrogens with zero attached hydrogens (tertiary/aromatic N) is 3. The molecule has 7 nitrogen and oxygen atoms in total. The van der Waals surface area contributed by atoms with Crippen LogP contribution in [0.1, 0.15) is 26.5 Å². The molecule has 0 spiro atoms. The van der Waals surface area contributed by atoms with Crippen LogP contribution in [0, 0.1) is 0 Å². The SMILES string of the molecule is CN(C)C(=O)c1ccc(/C=C/C(=O)N2CCN(C(=O)c3ccco3)CC2)cc1. The molecule has 3 rings (SSSR count). The first-order valence-corrected chi connectivity index (χ1v) is 9.07. The van der Waals surface area contributed by atoms with Gasteiger partial charge in [-0.2, -0.15) is 0 Å². The van der Waals surface area contributed by atoms with Crippen LogP contribution in [-0.2, 0) is 4.79 Å². The maximum atomic E-state index is 12.4. The molecule has 0 bridgehead atoms. The van der Waals surface area contributed by atoms with Crippen LogP contribution in [0.4, 0.5) is 0 Å². The predicted molar refractivity (Wildman–Crippen MR) is 105 cm³/mol. The molecule has 146 valence electrons. The Kier molecular flexibility index (Phi) is 5.93. The molecule has 28 heavy (non-hydrogen) atoms. The molecule has 0 radical (unpaired) electrons. The summed E-state index contributed by atoms with van der Waals surface area (Å²) in [4.78, 5) is 41.5. The Balaban J connectivity index is 1.53. The van der Waals surface area contributed by atoms with Crippen LogP contribution in [0.3, 0.4) is 0 Å². The quantitative estimate of drug-likeness (QED) is 0.759. The lowest BCUT2D eigenvalue weighted by atomic mass is 10.1. The van der Waals surface area contributed by atoms with Crippen LogP contribution in [0.5, 0.6) is 0 Å². The fraction of sp³-hybridized carbons (Fsp3) is 0.286. The predicted octanol–water partition coefficient (Wildman–Crippen LogP) is 1.98. The van der Waals surface area contributed by atoms with Crippen molar-refractivity contribution >= 4 is 23.8 Å². The first kappa shape index (κ1) is 19.4. The Labute approximate surface area is 163 Å². The van der Waals surface area contributed by atoms with Crippen molar-refractivity contribution in [3.05, 3.63) is 65.6 Å². The van der Waals surface area contributed by atoms with Crippen molar-refractivity contribution in [1.29, 1.82) is 0 Å². The zero-order valence-electron chi connectivity index (χ0n) is 16.0. The molecule has 0 aliphatic carbocycles. The molecule has 0 unspecified atom stereocenters. The highest BCUT2D eigenvalue weighted by molar-refractivity contribution is 5.95. The monoisotopic (exact) mass is 381 g/mol. The summed E-state index contributed by atoms with van der Waals surface area (Å²) >= 11 is 0. The highest BCUT2D eigenvalue weighted by Crippen LogP contribution is 2.11. The fourth-order valence-corrected chi connectivity index (χ4v) is 2.95. The van der Waals surface area contributed by atoms with Crippen LogP contribution in [0.25, 0.3) is 6.08 Å². The lowest BCUT2D eigenvalue weighted by molar-refractivity contribution is -0.127. The van der Waals surface area contributed by atoms with Crippen LogP contribution < -0.4 is 0 Å². The molecular formula is C21H23N3O4. The Morgan fingerprint density at radius 2 is 1.61 bits per heavy atom. The van der Waals surface area contributed by atoms with Crippen LogP contribution >= 0.6 is 0 Å². The van der Waals surface area contributed by atoms with Gasteiger partial charge < -0.3 is 19.1 Å². The minimum atomic E-state index is -0.153. The number of carbonyl (C=O) groups excluding carboxylic acids is 3. The number of carbonyl (C=O) groups is 3. The van der Waals surface area contributed by atoms with Gasteiger partial charge in [0.2, 0.25) is 5.91 Å². The number of benzene rings is 1. The summed E-state index contributed by atoms with van der Waals surface area (Å²) in [6.45, 7) is 1.90. The van der Waals surface area contributed by atoms with Gasteiger partial charge >= 0.3 is 0 Å². The van der Waals surface area contributed by atoms with Crippen molar-refractivity contribution in [3.8, 4) is 0 Å². The van der Waals surface area contributed by atoms with Crippen LogP contribution in [0.15, 0.2) is 53.2 Å². The Bertz CT molecular complexity index is 862. The van der Waals surface area contributed by atoms with E-state index in [0.717, 1.165) is 5.56 Å². The van der Waals surface area contributed by atoms with Crippen molar-refractivity contribution in [2.75, 3.05) is 40.3 Å². The molecule has 1 aromatic carbocycles. The normalized spacial score (nSPS) is 14.4. The number of piperazine rings is 1. The molecule has 1 aromatic heterocycles. The van der Waals surface area contributed by atoms with Gasteiger partial charge in [-0.1, -0.05) is 12.1 Å². The highest BCUT2D eigenvalue weighted by atomic mass is 16.3. The third kappa shape index (κ3) is 4.49. The standard InChI is InChI=1S/C21H23N3O4/c1-22(2)20(26)17-8-5-16(6-9-17)7-10-19(25)23-11-13-24(14-12-23)21(27)18-4-3-15-28-18/h3-10,15H,11-14H2,1-2H3/b10-7+. The Morgan fingerprint density at radius 1 is 0.964 bits per heavy atom. The zero-order valence-corrected chi connectivity index (χ0v) is 16.0. The molecule has 0 saturated carbocycles. The van der Waals surface area contributed by atoms with Crippen molar-refractivity contribution in [1.82, 2.24) is 14.7 Å². The summed E-state index contributed by atoms with van der Waals surface area (Å²) in [6.07, 6.45) is 4.72. The maximum Gasteiger partial charge on any atom is 0.289 e. The van der Waals surface area contributed by atoms with Crippen LogP contribution in [-0.4, -0.2) is 72.7 Å². The summed E-state index contributed by atoms with van der Waals surface area (Å²) in [5, 5.41) is 0. The average Bonchev–Trinajstić information content (AvgIpc) is 3.26. The van der Waals surface area contributed by atoms with E-state index in [9.17, 15) is 14.4 Å². The minimum Gasteiger partial charge on any atom is -0.459 e. The minimum absolute atomic E-state index is 0.0615. The molecule has 7 heteroatoms. The molecule has 1 fully saturated rings. The van der Waals surface area contributed by atoms with E-state index in [4.69, 9.17) is 4.42 Å². The average molecular weight is 381 g/mol. The first-order valence-electron chi connectivity index (χ1n) is 9.07. The van der Waals surface area contributed by atoms with E-state index in [1.54, 1.807) is 66.4 Å². The number of hydrogen-bond donors (Lipinski definition) is 0. The highest BCUT2D eigenvalue weighted by Gasteiger charge is 2.25. The van der Waals surface area contributed by atoms with Crippen molar-refractivity contribution in [3.63, 3.8) is 0 Å². The summed E-state index contributed by atoms with van der Waals surface area (Å²) in [7, 11) is 3.41. The molecule has 2 heterocycles. The molecule has 0 atom stereocenters. The summed E-state index contributed by atoms with van der Waals surface area (Å²) in [5.41, 5.74) is 1.45. The zero-order chi connectivity index (χ0) is 20.1. The van der Waals surface area contributed by atoms with E-state index in [1.807, 2.05) is 0 Å². The van der Waals surface area contributed by atoms with Gasteiger partial charge in [-0.25, -0.2) is 0 Å². The lowest BCUT2D eigenvalue weighted by Gasteiger charge is -2.33. The smallest absolute Gasteiger partial charge is 0.289 e. The van der Waals surface area contributed by atoms with Crippen molar-refractivity contribution in [2.24, 2.45) is 0 Å². The number of hydrogen-bond acceptors (Lipinski definition) is 4. The largest absolute Gasteiger partial charge is 0.459 e. The second-order valence-electron chi connectivity index (χ2n) is 6.75. The van der Waals surface area contributed by atoms with Gasteiger partial charge in [-0.3, -0.25) is 14.4 Å². The van der Waals surface area contributed by atoms with Crippen LogP contribution in [0.2, 0.25) is 0 Å².